The Balaban J connectivity index is 2.89. The van der Waals surface area contributed by atoms with Gasteiger partial charge in [-0.25, -0.2) is 0 Å². The molecule has 0 aliphatic carbocycles. The Hall–Kier alpha value is -1.36. The van der Waals surface area contributed by atoms with Gasteiger partial charge in [-0.3, -0.25) is 9.59 Å². The summed E-state index contributed by atoms with van der Waals surface area (Å²) < 4.78 is 5.86. The van der Waals surface area contributed by atoms with E-state index in [-0.39, 0.29) is 18.1 Å². The monoisotopic (exact) mass is 299 g/mol. The maximum absolute atomic E-state index is 11.7. The second-order valence-electron chi connectivity index (χ2n) is 3.65. The molecule has 17 heavy (non-hydrogen) atoms. The molecule has 0 bridgehead atoms. The SMILES string of the molecule is COc1ccc(N(C)C(=O)CC(C)=O)cc1Br. The standard InChI is InChI=1S/C12H14BrNO3/c1-8(15)6-12(16)14(2)9-4-5-11(17-3)10(13)7-9/h4-5,7H,6H2,1-3H3. The Labute approximate surface area is 109 Å². The summed E-state index contributed by atoms with van der Waals surface area (Å²) in [5, 5.41) is 0. The Morgan fingerprint density at radius 2 is 2.06 bits per heavy atom. The molecule has 92 valence electrons. The predicted molar refractivity (Wildman–Crippen MR) is 69.4 cm³/mol. The second kappa shape index (κ2) is 5.82. The van der Waals surface area contributed by atoms with E-state index in [0.717, 1.165) is 4.47 Å². The van der Waals surface area contributed by atoms with Crippen molar-refractivity contribution in [2.75, 3.05) is 19.1 Å². The van der Waals surface area contributed by atoms with Crippen LogP contribution in [0.5, 0.6) is 5.75 Å². The van der Waals surface area contributed by atoms with E-state index in [1.165, 1.54) is 11.8 Å². The van der Waals surface area contributed by atoms with E-state index in [0.29, 0.717) is 11.4 Å². The molecule has 0 fully saturated rings. The van der Waals surface area contributed by atoms with Crippen molar-refractivity contribution in [2.45, 2.75) is 13.3 Å². The highest BCUT2D eigenvalue weighted by Crippen LogP contribution is 2.29. The van der Waals surface area contributed by atoms with Gasteiger partial charge < -0.3 is 9.64 Å². The van der Waals surface area contributed by atoms with Crippen molar-refractivity contribution in [3.8, 4) is 5.75 Å². The second-order valence-corrected chi connectivity index (χ2v) is 4.50. The van der Waals surface area contributed by atoms with Crippen LogP contribution >= 0.6 is 15.9 Å². The summed E-state index contributed by atoms with van der Waals surface area (Å²) in [6.07, 6.45) is -0.0832. The Morgan fingerprint density at radius 3 is 2.53 bits per heavy atom. The molecule has 0 saturated heterocycles. The van der Waals surface area contributed by atoms with Gasteiger partial charge in [0.2, 0.25) is 5.91 Å². The van der Waals surface area contributed by atoms with Crippen LogP contribution in [0.1, 0.15) is 13.3 Å². The van der Waals surface area contributed by atoms with E-state index in [1.807, 2.05) is 0 Å². The topological polar surface area (TPSA) is 46.6 Å². The third-order valence-corrected chi connectivity index (χ3v) is 2.92. The fourth-order valence-corrected chi connectivity index (χ4v) is 1.87. The van der Waals surface area contributed by atoms with Gasteiger partial charge in [0.05, 0.1) is 18.0 Å². The van der Waals surface area contributed by atoms with E-state index in [4.69, 9.17) is 4.74 Å². The van der Waals surface area contributed by atoms with Crippen molar-refractivity contribution in [1.29, 1.82) is 0 Å². The number of hydrogen-bond acceptors (Lipinski definition) is 3. The third kappa shape index (κ3) is 3.56. The van der Waals surface area contributed by atoms with Gasteiger partial charge in [0, 0.05) is 12.7 Å². The Kier molecular flexibility index (Phi) is 4.69. The number of halogens is 1. The summed E-state index contributed by atoms with van der Waals surface area (Å²) >= 11 is 3.35. The van der Waals surface area contributed by atoms with Crippen molar-refractivity contribution >= 4 is 33.3 Å². The van der Waals surface area contributed by atoms with E-state index in [9.17, 15) is 9.59 Å². The molecule has 1 aromatic rings. The lowest BCUT2D eigenvalue weighted by Gasteiger charge is -2.17. The molecule has 1 aromatic carbocycles. The maximum Gasteiger partial charge on any atom is 0.234 e. The first-order valence-electron chi connectivity index (χ1n) is 5.05. The number of rotatable bonds is 4. The van der Waals surface area contributed by atoms with Gasteiger partial charge in [-0.1, -0.05) is 0 Å². The minimum absolute atomic E-state index is 0.0832. The molecule has 4 nitrogen and oxygen atoms in total. The van der Waals surface area contributed by atoms with Gasteiger partial charge in [0.15, 0.2) is 0 Å². The molecule has 0 unspecified atom stereocenters. The van der Waals surface area contributed by atoms with Crippen LogP contribution in [0.4, 0.5) is 5.69 Å². The van der Waals surface area contributed by atoms with Gasteiger partial charge in [-0.05, 0) is 41.1 Å². The van der Waals surface area contributed by atoms with E-state index in [1.54, 1.807) is 32.4 Å². The molecular weight excluding hydrogens is 286 g/mol. The molecule has 0 aromatic heterocycles. The molecule has 0 N–H and O–H groups in total. The molecule has 0 radical (unpaired) electrons. The lowest BCUT2D eigenvalue weighted by Crippen LogP contribution is -2.27. The maximum atomic E-state index is 11.7. The molecule has 0 aliphatic rings. The number of benzene rings is 1. The molecule has 0 spiro atoms. The predicted octanol–water partition coefficient (Wildman–Crippen LogP) is 2.40. The molecule has 0 saturated carbocycles. The molecule has 0 atom stereocenters. The average Bonchev–Trinajstić information content (AvgIpc) is 2.27. The van der Waals surface area contributed by atoms with Crippen molar-refractivity contribution in [1.82, 2.24) is 0 Å². The number of carbonyl (C=O) groups excluding carboxylic acids is 2. The molecule has 1 amide bonds. The van der Waals surface area contributed by atoms with Gasteiger partial charge in [-0.15, -0.1) is 0 Å². The Bertz CT molecular complexity index is 445. The minimum atomic E-state index is -0.227. The summed E-state index contributed by atoms with van der Waals surface area (Å²) in [5.41, 5.74) is 0.712. The number of nitrogens with zero attached hydrogens (tertiary/aromatic N) is 1. The van der Waals surface area contributed by atoms with Crippen LogP contribution in [0.25, 0.3) is 0 Å². The molecule has 5 heteroatoms. The number of ketones is 1. The third-order valence-electron chi connectivity index (χ3n) is 2.30. The summed E-state index contributed by atoms with van der Waals surface area (Å²) in [7, 11) is 3.21. The van der Waals surface area contributed by atoms with Gasteiger partial charge in [0.25, 0.3) is 0 Å². The van der Waals surface area contributed by atoms with Gasteiger partial charge in [0.1, 0.15) is 11.5 Å². The first-order valence-corrected chi connectivity index (χ1v) is 5.84. The van der Waals surface area contributed by atoms with E-state index < -0.39 is 0 Å². The van der Waals surface area contributed by atoms with Crippen molar-refractivity contribution in [2.24, 2.45) is 0 Å². The number of carbonyl (C=O) groups is 2. The van der Waals surface area contributed by atoms with Crippen LogP contribution in [0, 0.1) is 0 Å². The van der Waals surface area contributed by atoms with Gasteiger partial charge in [-0.2, -0.15) is 0 Å². The highest BCUT2D eigenvalue weighted by atomic mass is 79.9. The largest absolute Gasteiger partial charge is 0.496 e. The van der Waals surface area contributed by atoms with Crippen molar-refractivity contribution in [3.05, 3.63) is 22.7 Å². The lowest BCUT2D eigenvalue weighted by atomic mass is 10.2. The summed E-state index contributed by atoms with van der Waals surface area (Å²) in [4.78, 5) is 24.0. The number of amides is 1. The normalized spacial score (nSPS) is 9.88. The summed E-state index contributed by atoms with van der Waals surface area (Å²) in [6, 6.07) is 5.30. The van der Waals surface area contributed by atoms with Crippen LogP contribution in [-0.4, -0.2) is 25.8 Å². The van der Waals surface area contributed by atoms with Crippen LogP contribution in [0.3, 0.4) is 0 Å². The minimum Gasteiger partial charge on any atom is -0.496 e. The van der Waals surface area contributed by atoms with E-state index >= 15 is 0 Å². The average molecular weight is 300 g/mol. The molecular formula is C12H14BrNO3. The van der Waals surface area contributed by atoms with Crippen molar-refractivity contribution < 1.29 is 14.3 Å². The number of hydrogen-bond donors (Lipinski definition) is 0. The summed E-state index contributed by atoms with van der Waals surface area (Å²) in [6.45, 7) is 1.40. The smallest absolute Gasteiger partial charge is 0.234 e. The van der Waals surface area contributed by atoms with Crippen LogP contribution < -0.4 is 9.64 Å². The number of Topliss-reactive ketones (excluding diaryl/α,β-unsaturated/α-hetero) is 1. The van der Waals surface area contributed by atoms with Crippen LogP contribution in [0.2, 0.25) is 0 Å². The summed E-state index contributed by atoms with van der Waals surface area (Å²) in [5.74, 6) is 0.324. The highest BCUT2D eigenvalue weighted by Gasteiger charge is 2.14. The van der Waals surface area contributed by atoms with E-state index in [2.05, 4.69) is 15.9 Å². The number of methoxy groups -OCH3 is 1. The fraction of sp³-hybridized carbons (Fsp3) is 0.333. The molecule has 0 heterocycles. The fourth-order valence-electron chi connectivity index (χ4n) is 1.34. The highest BCUT2D eigenvalue weighted by molar-refractivity contribution is 9.10. The molecule has 1 rings (SSSR count). The quantitative estimate of drug-likeness (QED) is 0.802. The van der Waals surface area contributed by atoms with Crippen LogP contribution in [0.15, 0.2) is 22.7 Å². The zero-order chi connectivity index (χ0) is 13.0. The van der Waals surface area contributed by atoms with Crippen molar-refractivity contribution in [3.63, 3.8) is 0 Å². The number of anilines is 1. The molecule has 0 aliphatic heterocycles. The first kappa shape index (κ1) is 13.7. The lowest BCUT2D eigenvalue weighted by molar-refractivity contribution is -0.125. The zero-order valence-corrected chi connectivity index (χ0v) is 11.6. The van der Waals surface area contributed by atoms with Crippen LogP contribution in [-0.2, 0) is 9.59 Å². The first-order chi connectivity index (χ1) is 7.95. The zero-order valence-electron chi connectivity index (χ0n) is 9.99. The Morgan fingerprint density at radius 1 is 1.41 bits per heavy atom. The number of ether oxygens (including phenoxy) is 1. The van der Waals surface area contributed by atoms with Gasteiger partial charge >= 0.3 is 0 Å².